The van der Waals surface area contributed by atoms with Gasteiger partial charge in [0.2, 0.25) is 0 Å². The molecule has 4 N–H and O–H groups in total. The Bertz CT molecular complexity index is 69.5. The smallest absolute Gasteiger partial charge is 0.0481 e. The van der Waals surface area contributed by atoms with E-state index in [2.05, 4.69) is 0 Å². The number of hydrogen-bond donors (Lipinski definition) is 3. The third kappa shape index (κ3) is 8.07. The minimum Gasteiger partial charge on any atom is -0.396 e. The van der Waals surface area contributed by atoms with Crippen LogP contribution >= 0.6 is 12.4 Å². The Balaban J connectivity index is 0. The number of rotatable bonds is 6. The first kappa shape index (κ1) is 13.7. The second-order valence-electron chi connectivity index (χ2n) is 2.52. The molecule has 0 saturated heterocycles. The van der Waals surface area contributed by atoms with Crippen molar-refractivity contribution in [2.24, 2.45) is 11.7 Å². The summed E-state index contributed by atoms with van der Waals surface area (Å²) in [5.41, 5.74) is 5.27. The first-order valence-corrected chi connectivity index (χ1v) is 3.77. The maximum Gasteiger partial charge on any atom is 0.0481 e. The lowest BCUT2D eigenvalue weighted by Gasteiger charge is -2.08. The van der Waals surface area contributed by atoms with E-state index in [1.165, 1.54) is 0 Å². The number of unbranched alkanes of at least 4 members (excludes halogenated alkanes) is 1. The van der Waals surface area contributed by atoms with Crippen LogP contribution < -0.4 is 5.73 Å². The summed E-state index contributed by atoms with van der Waals surface area (Å²) in [6.07, 6.45) is 2.86. The van der Waals surface area contributed by atoms with E-state index in [1.807, 2.05) is 0 Å². The van der Waals surface area contributed by atoms with Crippen LogP contribution in [0, 0.1) is 5.92 Å². The molecule has 0 radical (unpaired) electrons. The zero-order valence-corrected chi connectivity index (χ0v) is 7.52. The minimum atomic E-state index is 0. The minimum absolute atomic E-state index is 0. The molecular formula is C7H18ClNO2. The maximum atomic E-state index is 8.63. The van der Waals surface area contributed by atoms with E-state index in [0.29, 0.717) is 6.54 Å². The van der Waals surface area contributed by atoms with E-state index in [-0.39, 0.29) is 31.5 Å². The molecule has 11 heavy (non-hydrogen) atoms. The van der Waals surface area contributed by atoms with E-state index in [4.69, 9.17) is 15.9 Å². The Kier molecular flexibility index (Phi) is 12.7. The topological polar surface area (TPSA) is 66.5 Å². The molecule has 0 aromatic heterocycles. The van der Waals surface area contributed by atoms with Gasteiger partial charge in [0.1, 0.15) is 0 Å². The van der Waals surface area contributed by atoms with Crippen molar-refractivity contribution in [3.8, 4) is 0 Å². The third-order valence-electron chi connectivity index (χ3n) is 1.58. The molecule has 70 valence electrons. The Morgan fingerprint density at radius 1 is 1.09 bits per heavy atom. The first-order valence-electron chi connectivity index (χ1n) is 3.77. The van der Waals surface area contributed by atoms with Gasteiger partial charge < -0.3 is 15.9 Å². The highest BCUT2D eigenvalue weighted by Crippen LogP contribution is 2.05. The quantitative estimate of drug-likeness (QED) is 0.514. The lowest BCUT2D eigenvalue weighted by molar-refractivity contribution is 0.142. The van der Waals surface area contributed by atoms with Crippen molar-refractivity contribution < 1.29 is 10.2 Å². The van der Waals surface area contributed by atoms with Crippen LogP contribution in [0.25, 0.3) is 0 Å². The van der Waals surface area contributed by atoms with E-state index in [1.54, 1.807) is 0 Å². The van der Waals surface area contributed by atoms with Gasteiger partial charge in [0.05, 0.1) is 0 Å². The molecule has 0 bridgehead atoms. The SMILES string of the molecule is Cl.NCCCCC(CO)CO. The second-order valence-corrected chi connectivity index (χ2v) is 2.52. The molecule has 0 fully saturated rings. The Labute approximate surface area is 74.0 Å². The van der Waals surface area contributed by atoms with Gasteiger partial charge in [-0.25, -0.2) is 0 Å². The van der Waals surface area contributed by atoms with Gasteiger partial charge in [-0.05, 0) is 19.4 Å². The predicted molar refractivity (Wildman–Crippen MR) is 47.8 cm³/mol. The van der Waals surface area contributed by atoms with Crippen LogP contribution in [0.1, 0.15) is 19.3 Å². The van der Waals surface area contributed by atoms with Crippen molar-refractivity contribution in [1.29, 1.82) is 0 Å². The maximum absolute atomic E-state index is 8.63. The Morgan fingerprint density at radius 2 is 1.64 bits per heavy atom. The molecule has 3 nitrogen and oxygen atoms in total. The van der Waals surface area contributed by atoms with Crippen molar-refractivity contribution in [2.75, 3.05) is 19.8 Å². The number of aliphatic hydroxyl groups excluding tert-OH is 2. The van der Waals surface area contributed by atoms with Crippen molar-refractivity contribution in [2.45, 2.75) is 19.3 Å². The molecule has 0 aliphatic heterocycles. The van der Waals surface area contributed by atoms with Crippen LogP contribution in [0.4, 0.5) is 0 Å². The number of aliphatic hydroxyl groups is 2. The fourth-order valence-corrected chi connectivity index (χ4v) is 0.818. The monoisotopic (exact) mass is 183 g/mol. The molecule has 0 unspecified atom stereocenters. The van der Waals surface area contributed by atoms with E-state index in [9.17, 15) is 0 Å². The van der Waals surface area contributed by atoms with Crippen LogP contribution in [-0.4, -0.2) is 30.0 Å². The average Bonchev–Trinajstić information content (AvgIpc) is 1.99. The fourth-order valence-electron chi connectivity index (χ4n) is 0.818. The summed E-state index contributed by atoms with van der Waals surface area (Å²) in [5.74, 6) is 0.0616. The molecule has 0 aromatic rings. The lowest BCUT2D eigenvalue weighted by atomic mass is 10.0. The van der Waals surface area contributed by atoms with Crippen molar-refractivity contribution >= 4 is 12.4 Å². The molecule has 0 aliphatic rings. The molecule has 0 atom stereocenters. The largest absolute Gasteiger partial charge is 0.396 e. The number of halogens is 1. The van der Waals surface area contributed by atoms with E-state index in [0.717, 1.165) is 19.3 Å². The van der Waals surface area contributed by atoms with Crippen LogP contribution in [0.2, 0.25) is 0 Å². The second kappa shape index (κ2) is 10.2. The van der Waals surface area contributed by atoms with Gasteiger partial charge in [0, 0.05) is 19.1 Å². The molecule has 0 heterocycles. The van der Waals surface area contributed by atoms with Gasteiger partial charge in [-0.1, -0.05) is 6.42 Å². The molecule has 0 aliphatic carbocycles. The predicted octanol–water partition coefficient (Wildman–Crippen LogP) is 0.138. The number of nitrogens with two attached hydrogens (primary N) is 1. The summed E-state index contributed by atoms with van der Waals surface area (Å²) in [6.45, 7) is 0.867. The zero-order valence-electron chi connectivity index (χ0n) is 6.70. The van der Waals surface area contributed by atoms with Crippen LogP contribution in [-0.2, 0) is 0 Å². The van der Waals surface area contributed by atoms with Crippen molar-refractivity contribution in [1.82, 2.24) is 0 Å². The van der Waals surface area contributed by atoms with Gasteiger partial charge in [0.25, 0.3) is 0 Å². The summed E-state index contributed by atoms with van der Waals surface area (Å²) < 4.78 is 0. The van der Waals surface area contributed by atoms with Gasteiger partial charge in [-0.3, -0.25) is 0 Å². The van der Waals surface area contributed by atoms with Gasteiger partial charge >= 0.3 is 0 Å². The van der Waals surface area contributed by atoms with Gasteiger partial charge in [-0.2, -0.15) is 0 Å². The highest BCUT2D eigenvalue weighted by molar-refractivity contribution is 5.85. The number of hydrogen-bond acceptors (Lipinski definition) is 3. The normalized spacial score (nSPS) is 9.82. The van der Waals surface area contributed by atoms with Gasteiger partial charge in [-0.15, -0.1) is 12.4 Å². The molecule has 0 aromatic carbocycles. The van der Waals surface area contributed by atoms with Crippen LogP contribution in [0.5, 0.6) is 0 Å². The Hall–Kier alpha value is 0.170. The van der Waals surface area contributed by atoms with Crippen LogP contribution in [0.15, 0.2) is 0 Å². The summed E-state index contributed by atoms with van der Waals surface area (Å²) in [4.78, 5) is 0. The fraction of sp³-hybridized carbons (Fsp3) is 1.00. The van der Waals surface area contributed by atoms with E-state index >= 15 is 0 Å². The van der Waals surface area contributed by atoms with Crippen molar-refractivity contribution in [3.63, 3.8) is 0 Å². The summed E-state index contributed by atoms with van der Waals surface area (Å²) in [6, 6.07) is 0. The van der Waals surface area contributed by atoms with Crippen LogP contribution in [0.3, 0.4) is 0 Å². The lowest BCUT2D eigenvalue weighted by Crippen LogP contribution is -2.11. The zero-order chi connectivity index (χ0) is 7.82. The first-order chi connectivity index (χ1) is 4.85. The average molecular weight is 184 g/mol. The van der Waals surface area contributed by atoms with E-state index < -0.39 is 0 Å². The molecule has 0 rings (SSSR count). The van der Waals surface area contributed by atoms with Gasteiger partial charge in [0.15, 0.2) is 0 Å². The highest BCUT2D eigenvalue weighted by atomic mass is 35.5. The molecule has 0 spiro atoms. The summed E-state index contributed by atoms with van der Waals surface area (Å²) >= 11 is 0. The molecular weight excluding hydrogens is 166 g/mol. The standard InChI is InChI=1S/C7H17NO2.ClH/c8-4-2-1-3-7(5-9)6-10;/h7,9-10H,1-6,8H2;1H. The molecule has 4 heteroatoms. The third-order valence-corrected chi connectivity index (χ3v) is 1.58. The Morgan fingerprint density at radius 3 is 2.00 bits per heavy atom. The summed E-state index contributed by atoms with van der Waals surface area (Å²) in [5, 5.41) is 17.3. The highest BCUT2D eigenvalue weighted by Gasteiger charge is 2.03. The summed E-state index contributed by atoms with van der Waals surface area (Å²) in [7, 11) is 0. The molecule has 0 saturated carbocycles. The molecule has 0 amide bonds. The van der Waals surface area contributed by atoms with Crippen molar-refractivity contribution in [3.05, 3.63) is 0 Å².